The monoisotopic (exact) mass is 415 g/mol. The van der Waals surface area contributed by atoms with E-state index < -0.39 is 0 Å². The number of hydrogen-bond acceptors (Lipinski definition) is 2. The van der Waals surface area contributed by atoms with Crippen LogP contribution in [0, 0.1) is 5.82 Å². The Kier molecular flexibility index (Phi) is 5.79. The molecule has 0 atom stereocenters. The summed E-state index contributed by atoms with van der Waals surface area (Å²) < 4.78 is 20.6. The van der Waals surface area contributed by atoms with Crippen molar-refractivity contribution in [2.75, 3.05) is 0 Å². The fraction of sp³-hybridized carbons (Fsp3) is 0.250. The minimum absolute atomic E-state index is 0.301. The quantitative estimate of drug-likeness (QED) is 0.680. The van der Waals surface area contributed by atoms with Gasteiger partial charge in [0.15, 0.2) is 0 Å². The van der Waals surface area contributed by atoms with E-state index in [1.54, 1.807) is 6.07 Å². The summed E-state index contributed by atoms with van der Waals surface area (Å²) in [6.45, 7) is 4.89. The highest BCUT2D eigenvalue weighted by molar-refractivity contribution is 9.10. The molecule has 0 saturated heterocycles. The van der Waals surface area contributed by atoms with Gasteiger partial charge in [0, 0.05) is 22.6 Å². The Bertz CT molecular complexity index is 632. The van der Waals surface area contributed by atoms with Crippen LogP contribution in [0.1, 0.15) is 19.4 Å². The van der Waals surface area contributed by atoms with Gasteiger partial charge in [0.2, 0.25) is 0 Å². The molecule has 0 aliphatic rings. The second-order valence-electron chi connectivity index (χ2n) is 4.96. The Morgan fingerprint density at radius 1 is 1.10 bits per heavy atom. The van der Waals surface area contributed by atoms with Crippen molar-refractivity contribution in [3.8, 4) is 11.5 Å². The van der Waals surface area contributed by atoms with Gasteiger partial charge in [0.25, 0.3) is 0 Å². The van der Waals surface area contributed by atoms with Gasteiger partial charge in [-0.25, -0.2) is 4.39 Å². The van der Waals surface area contributed by atoms with Crippen LogP contribution in [0.25, 0.3) is 0 Å². The average molecular weight is 417 g/mol. The number of nitrogens with one attached hydrogen (secondary N) is 1. The van der Waals surface area contributed by atoms with Gasteiger partial charge in [0.05, 0.1) is 4.47 Å². The van der Waals surface area contributed by atoms with Crippen LogP contribution in [0.15, 0.2) is 45.3 Å². The first-order valence-electron chi connectivity index (χ1n) is 6.60. The van der Waals surface area contributed by atoms with E-state index in [9.17, 15) is 4.39 Å². The predicted octanol–water partition coefficient (Wildman–Crippen LogP) is 5.64. The molecule has 21 heavy (non-hydrogen) atoms. The standard InChI is InChI=1S/C16H16Br2FNO/c1-10(2)20-9-11-3-4-12(17)7-16(11)21-15-6-5-13(19)8-14(15)18/h3-8,10,20H,9H2,1-2H3. The summed E-state index contributed by atoms with van der Waals surface area (Å²) in [5, 5.41) is 3.36. The zero-order chi connectivity index (χ0) is 15.4. The van der Waals surface area contributed by atoms with E-state index in [0.29, 0.717) is 22.8 Å². The molecule has 0 bridgehead atoms. The van der Waals surface area contributed by atoms with Crippen LogP contribution < -0.4 is 10.1 Å². The van der Waals surface area contributed by atoms with Crippen LogP contribution in [0.3, 0.4) is 0 Å². The van der Waals surface area contributed by atoms with E-state index in [2.05, 4.69) is 51.0 Å². The maximum absolute atomic E-state index is 13.1. The van der Waals surface area contributed by atoms with E-state index in [1.807, 2.05) is 18.2 Å². The third-order valence-corrected chi connectivity index (χ3v) is 3.96. The van der Waals surface area contributed by atoms with Gasteiger partial charge in [0.1, 0.15) is 17.3 Å². The highest BCUT2D eigenvalue weighted by Gasteiger charge is 2.09. The Hall–Kier alpha value is -0.910. The molecule has 0 unspecified atom stereocenters. The molecule has 0 fully saturated rings. The molecular formula is C16H16Br2FNO. The van der Waals surface area contributed by atoms with Gasteiger partial charge in [-0.2, -0.15) is 0 Å². The summed E-state index contributed by atoms with van der Waals surface area (Å²) in [5.74, 6) is 1.02. The Balaban J connectivity index is 2.27. The van der Waals surface area contributed by atoms with Gasteiger partial charge in [-0.1, -0.05) is 35.8 Å². The normalized spacial score (nSPS) is 11.0. The Morgan fingerprint density at radius 3 is 2.52 bits per heavy atom. The van der Waals surface area contributed by atoms with Crippen molar-refractivity contribution in [1.29, 1.82) is 0 Å². The topological polar surface area (TPSA) is 21.3 Å². The van der Waals surface area contributed by atoms with Crippen molar-refractivity contribution in [2.45, 2.75) is 26.4 Å². The smallest absolute Gasteiger partial charge is 0.141 e. The molecule has 2 nitrogen and oxygen atoms in total. The van der Waals surface area contributed by atoms with Gasteiger partial charge in [-0.15, -0.1) is 0 Å². The summed E-state index contributed by atoms with van der Waals surface area (Å²) >= 11 is 6.77. The molecule has 2 aromatic carbocycles. The lowest BCUT2D eigenvalue weighted by Gasteiger charge is -2.15. The SMILES string of the molecule is CC(C)NCc1ccc(Br)cc1Oc1ccc(F)cc1Br. The molecule has 112 valence electrons. The van der Waals surface area contributed by atoms with E-state index in [0.717, 1.165) is 15.8 Å². The molecule has 0 aliphatic carbocycles. The predicted molar refractivity (Wildman–Crippen MR) is 90.3 cm³/mol. The van der Waals surface area contributed by atoms with Crippen molar-refractivity contribution in [3.05, 3.63) is 56.7 Å². The molecular weight excluding hydrogens is 401 g/mol. The Labute approximate surface area is 141 Å². The molecule has 0 radical (unpaired) electrons. The van der Waals surface area contributed by atoms with Gasteiger partial charge >= 0.3 is 0 Å². The number of ether oxygens (including phenoxy) is 1. The first kappa shape index (κ1) is 16.5. The molecule has 0 aliphatic heterocycles. The molecule has 5 heteroatoms. The van der Waals surface area contributed by atoms with Crippen LogP contribution >= 0.6 is 31.9 Å². The van der Waals surface area contributed by atoms with Crippen LogP contribution in [0.5, 0.6) is 11.5 Å². The molecule has 0 spiro atoms. The molecule has 2 aromatic rings. The van der Waals surface area contributed by atoms with Gasteiger partial charge in [-0.3, -0.25) is 0 Å². The second-order valence-corrected chi connectivity index (χ2v) is 6.73. The second kappa shape index (κ2) is 7.38. The highest BCUT2D eigenvalue weighted by atomic mass is 79.9. The number of hydrogen-bond donors (Lipinski definition) is 1. The maximum Gasteiger partial charge on any atom is 0.141 e. The summed E-state index contributed by atoms with van der Waals surface area (Å²) in [4.78, 5) is 0. The van der Waals surface area contributed by atoms with Crippen LogP contribution in [0.4, 0.5) is 4.39 Å². The van der Waals surface area contributed by atoms with Crippen LogP contribution in [-0.4, -0.2) is 6.04 Å². The van der Waals surface area contributed by atoms with E-state index in [-0.39, 0.29) is 5.82 Å². The van der Waals surface area contributed by atoms with Crippen molar-refractivity contribution in [2.24, 2.45) is 0 Å². The summed E-state index contributed by atoms with van der Waals surface area (Å²) in [6, 6.07) is 10.7. The third-order valence-electron chi connectivity index (χ3n) is 2.84. The fourth-order valence-corrected chi connectivity index (χ4v) is 2.53. The lowest BCUT2D eigenvalue weighted by molar-refractivity contribution is 0.464. The van der Waals surface area contributed by atoms with E-state index in [1.165, 1.54) is 12.1 Å². The third kappa shape index (κ3) is 4.80. The zero-order valence-electron chi connectivity index (χ0n) is 11.8. The van der Waals surface area contributed by atoms with Crippen molar-refractivity contribution in [1.82, 2.24) is 5.32 Å². The van der Waals surface area contributed by atoms with Crippen LogP contribution in [0.2, 0.25) is 0 Å². The molecule has 0 saturated carbocycles. The molecule has 0 amide bonds. The molecule has 0 aromatic heterocycles. The first-order valence-corrected chi connectivity index (χ1v) is 8.19. The molecule has 1 N–H and O–H groups in total. The number of benzene rings is 2. The van der Waals surface area contributed by atoms with Crippen molar-refractivity contribution < 1.29 is 9.13 Å². The minimum atomic E-state index is -0.301. The fourth-order valence-electron chi connectivity index (χ4n) is 1.76. The zero-order valence-corrected chi connectivity index (χ0v) is 15.0. The molecule has 0 heterocycles. The maximum atomic E-state index is 13.1. The van der Waals surface area contributed by atoms with Gasteiger partial charge in [-0.05, 0) is 46.3 Å². The average Bonchev–Trinajstić information content (AvgIpc) is 2.41. The minimum Gasteiger partial charge on any atom is -0.456 e. The lowest BCUT2D eigenvalue weighted by atomic mass is 10.2. The summed E-state index contributed by atoms with van der Waals surface area (Å²) in [7, 11) is 0. The number of rotatable bonds is 5. The van der Waals surface area contributed by atoms with E-state index in [4.69, 9.17) is 4.74 Å². The van der Waals surface area contributed by atoms with Crippen molar-refractivity contribution >= 4 is 31.9 Å². The summed E-state index contributed by atoms with van der Waals surface area (Å²) in [6.07, 6.45) is 0. The van der Waals surface area contributed by atoms with Crippen molar-refractivity contribution in [3.63, 3.8) is 0 Å². The van der Waals surface area contributed by atoms with Gasteiger partial charge < -0.3 is 10.1 Å². The largest absolute Gasteiger partial charge is 0.456 e. The van der Waals surface area contributed by atoms with E-state index >= 15 is 0 Å². The first-order chi connectivity index (χ1) is 9.95. The Morgan fingerprint density at radius 2 is 1.86 bits per heavy atom. The highest BCUT2D eigenvalue weighted by Crippen LogP contribution is 2.33. The number of halogens is 3. The summed E-state index contributed by atoms with van der Waals surface area (Å²) in [5.41, 5.74) is 1.04. The molecule has 2 rings (SSSR count). The lowest BCUT2D eigenvalue weighted by Crippen LogP contribution is -2.22. The van der Waals surface area contributed by atoms with Crippen LogP contribution in [-0.2, 0) is 6.54 Å².